The van der Waals surface area contributed by atoms with Crippen LogP contribution in [0.15, 0.2) is 36.4 Å². The number of rotatable bonds is 3. The Kier molecular flexibility index (Phi) is 4.31. The molecule has 1 aliphatic rings. The van der Waals surface area contributed by atoms with Gasteiger partial charge in [0.05, 0.1) is 0 Å². The molecule has 23 heavy (non-hydrogen) atoms. The van der Waals surface area contributed by atoms with Crippen molar-refractivity contribution in [2.45, 2.75) is 33.3 Å². The van der Waals surface area contributed by atoms with E-state index in [9.17, 15) is 4.79 Å². The normalized spacial score (nSPS) is 14.5. The van der Waals surface area contributed by atoms with Gasteiger partial charge in [-0.1, -0.05) is 29.8 Å². The topological polar surface area (TPSA) is 29.5 Å². The lowest BCUT2D eigenvalue weighted by Gasteiger charge is -2.23. The number of hydrogen-bond acceptors (Lipinski definition) is 2. The number of ether oxygens (including phenoxy) is 1. The maximum Gasteiger partial charge on any atom is 0.267 e. The minimum atomic E-state index is -0.541. The fourth-order valence-corrected chi connectivity index (χ4v) is 3.12. The highest BCUT2D eigenvalue weighted by Gasteiger charge is 2.28. The molecule has 2 aromatic rings. The molecular weight excluding hydrogens is 310 g/mol. The van der Waals surface area contributed by atoms with Crippen LogP contribution in [0.25, 0.3) is 0 Å². The highest BCUT2D eigenvalue weighted by Crippen LogP contribution is 2.30. The molecule has 0 saturated carbocycles. The Bertz CT molecular complexity index is 734. The Morgan fingerprint density at radius 2 is 1.87 bits per heavy atom. The maximum absolute atomic E-state index is 12.7. The van der Waals surface area contributed by atoms with Gasteiger partial charge in [-0.15, -0.1) is 0 Å². The van der Waals surface area contributed by atoms with Crippen LogP contribution >= 0.6 is 11.6 Å². The Morgan fingerprint density at radius 3 is 2.57 bits per heavy atom. The summed E-state index contributed by atoms with van der Waals surface area (Å²) in [7, 11) is 0. The molecule has 3 nitrogen and oxygen atoms in total. The highest BCUT2D eigenvalue weighted by molar-refractivity contribution is 6.32. The average molecular weight is 330 g/mol. The lowest BCUT2D eigenvalue weighted by Crippen LogP contribution is -2.39. The predicted molar refractivity (Wildman–Crippen MR) is 93.5 cm³/mol. The van der Waals surface area contributed by atoms with Crippen LogP contribution < -0.4 is 9.64 Å². The second kappa shape index (κ2) is 6.25. The Labute approximate surface area is 141 Å². The minimum absolute atomic E-state index is 0.0137. The SMILES string of the molecule is Cc1cc(O[C@@H](C)C(=O)N2CCc3ccccc32)cc(C)c1Cl. The van der Waals surface area contributed by atoms with Gasteiger partial charge in [-0.3, -0.25) is 4.79 Å². The van der Waals surface area contributed by atoms with Crippen molar-refractivity contribution in [3.8, 4) is 5.75 Å². The van der Waals surface area contributed by atoms with Crippen molar-refractivity contribution in [3.05, 3.63) is 58.1 Å². The molecule has 2 aromatic carbocycles. The molecule has 0 fully saturated rings. The molecule has 120 valence electrons. The zero-order valence-electron chi connectivity index (χ0n) is 13.6. The van der Waals surface area contributed by atoms with Gasteiger partial charge in [-0.25, -0.2) is 0 Å². The smallest absolute Gasteiger partial charge is 0.267 e. The Hall–Kier alpha value is -2.00. The van der Waals surface area contributed by atoms with Crippen LogP contribution in [0.2, 0.25) is 5.02 Å². The van der Waals surface area contributed by atoms with E-state index in [-0.39, 0.29) is 5.91 Å². The summed E-state index contributed by atoms with van der Waals surface area (Å²) >= 11 is 6.18. The maximum atomic E-state index is 12.7. The first-order chi connectivity index (χ1) is 11.0. The molecule has 0 spiro atoms. The van der Waals surface area contributed by atoms with Crippen molar-refractivity contribution >= 4 is 23.2 Å². The van der Waals surface area contributed by atoms with Crippen LogP contribution in [0.4, 0.5) is 5.69 Å². The summed E-state index contributed by atoms with van der Waals surface area (Å²) in [4.78, 5) is 14.5. The van der Waals surface area contributed by atoms with E-state index in [1.54, 1.807) is 6.92 Å². The van der Waals surface area contributed by atoms with E-state index >= 15 is 0 Å². The highest BCUT2D eigenvalue weighted by atomic mass is 35.5. The summed E-state index contributed by atoms with van der Waals surface area (Å²) in [5.41, 5.74) is 4.11. The third-order valence-corrected chi connectivity index (χ3v) is 4.82. The van der Waals surface area contributed by atoms with Crippen LogP contribution in [-0.2, 0) is 11.2 Å². The summed E-state index contributed by atoms with van der Waals surface area (Å²) in [6.07, 6.45) is 0.356. The van der Waals surface area contributed by atoms with E-state index in [0.29, 0.717) is 12.3 Å². The van der Waals surface area contributed by atoms with Gasteiger partial charge in [0.25, 0.3) is 5.91 Å². The number of hydrogen-bond donors (Lipinski definition) is 0. The molecule has 0 saturated heterocycles. The minimum Gasteiger partial charge on any atom is -0.481 e. The number of halogens is 1. The fourth-order valence-electron chi connectivity index (χ4n) is 3.02. The molecule has 0 bridgehead atoms. The summed E-state index contributed by atoms with van der Waals surface area (Å²) in [6, 6.07) is 11.8. The van der Waals surface area contributed by atoms with Gasteiger partial charge in [0, 0.05) is 17.3 Å². The van der Waals surface area contributed by atoms with E-state index < -0.39 is 6.10 Å². The van der Waals surface area contributed by atoms with Gasteiger partial charge in [0.2, 0.25) is 0 Å². The number of aryl methyl sites for hydroxylation is 2. The van der Waals surface area contributed by atoms with Crippen molar-refractivity contribution in [2.24, 2.45) is 0 Å². The molecule has 0 unspecified atom stereocenters. The molecule has 4 heteroatoms. The first-order valence-corrected chi connectivity index (χ1v) is 8.18. The Balaban J connectivity index is 1.77. The van der Waals surface area contributed by atoms with E-state index in [1.165, 1.54) is 5.56 Å². The number of fused-ring (bicyclic) bond motifs is 1. The molecule has 1 atom stereocenters. The molecule has 0 aliphatic carbocycles. The number of carbonyl (C=O) groups excluding carboxylic acids is 1. The van der Waals surface area contributed by atoms with Gasteiger partial charge in [-0.05, 0) is 62.1 Å². The van der Waals surface area contributed by atoms with Gasteiger partial charge in [0.15, 0.2) is 6.10 Å². The number of benzene rings is 2. The number of para-hydroxylation sites is 1. The van der Waals surface area contributed by atoms with Gasteiger partial charge in [-0.2, -0.15) is 0 Å². The number of amides is 1. The molecule has 1 amide bonds. The lowest BCUT2D eigenvalue weighted by atomic mass is 10.1. The first kappa shape index (κ1) is 15.9. The number of carbonyl (C=O) groups is 1. The quantitative estimate of drug-likeness (QED) is 0.839. The molecule has 0 aromatic heterocycles. The van der Waals surface area contributed by atoms with E-state index in [0.717, 1.165) is 28.3 Å². The van der Waals surface area contributed by atoms with Crippen LogP contribution in [0.3, 0.4) is 0 Å². The summed E-state index contributed by atoms with van der Waals surface area (Å²) < 4.78 is 5.87. The number of nitrogens with zero attached hydrogens (tertiary/aromatic N) is 1. The molecule has 0 radical (unpaired) electrons. The van der Waals surface area contributed by atoms with Crippen LogP contribution in [0.1, 0.15) is 23.6 Å². The Morgan fingerprint density at radius 1 is 1.22 bits per heavy atom. The third-order valence-electron chi connectivity index (χ3n) is 4.22. The van der Waals surface area contributed by atoms with E-state index in [2.05, 4.69) is 6.07 Å². The van der Waals surface area contributed by atoms with Gasteiger partial charge < -0.3 is 9.64 Å². The van der Waals surface area contributed by atoms with Crippen molar-refractivity contribution in [2.75, 3.05) is 11.4 Å². The average Bonchev–Trinajstić information content (AvgIpc) is 2.95. The van der Waals surface area contributed by atoms with Crippen molar-refractivity contribution in [1.82, 2.24) is 0 Å². The van der Waals surface area contributed by atoms with Crippen molar-refractivity contribution in [1.29, 1.82) is 0 Å². The number of anilines is 1. The van der Waals surface area contributed by atoms with Crippen molar-refractivity contribution < 1.29 is 9.53 Å². The zero-order valence-corrected chi connectivity index (χ0v) is 14.4. The molecule has 3 rings (SSSR count). The molecule has 1 aliphatic heterocycles. The first-order valence-electron chi connectivity index (χ1n) is 7.80. The molecule has 0 N–H and O–H groups in total. The predicted octanol–water partition coefficient (Wildman–Crippen LogP) is 4.31. The zero-order chi connectivity index (χ0) is 16.6. The second-order valence-corrected chi connectivity index (χ2v) is 6.38. The molecular formula is C19H20ClNO2. The second-order valence-electron chi connectivity index (χ2n) is 6.00. The monoisotopic (exact) mass is 329 g/mol. The van der Waals surface area contributed by atoms with E-state index in [1.807, 2.05) is 49.1 Å². The summed E-state index contributed by atoms with van der Waals surface area (Å²) in [5, 5.41) is 0.741. The third kappa shape index (κ3) is 3.06. The lowest BCUT2D eigenvalue weighted by molar-refractivity contribution is -0.124. The van der Waals surface area contributed by atoms with Crippen LogP contribution in [0.5, 0.6) is 5.75 Å². The van der Waals surface area contributed by atoms with Crippen LogP contribution in [0, 0.1) is 13.8 Å². The van der Waals surface area contributed by atoms with Crippen molar-refractivity contribution in [3.63, 3.8) is 0 Å². The standard InChI is InChI=1S/C19H20ClNO2/c1-12-10-16(11-13(2)18(12)20)23-14(3)19(22)21-9-8-15-6-4-5-7-17(15)21/h4-7,10-11,14H,8-9H2,1-3H3/t14-/m0/s1. The van der Waals surface area contributed by atoms with E-state index in [4.69, 9.17) is 16.3 Å². The van der Waals surface area contributed by atoms with Gasteiger partial charge >= 0.3 is 0 Å². The van der Waals surface area contributed by atoms with Gasteiger partial charge in [0.1, 0.15) is 5.75 Å². The fraction of sp³-hybridized carbons (Fsp3) is 0.316. The summed E-state index contributed by atoms with van der Waals surface area (Å²) in [5.74, 6) is 0.665. The summed E-state index contributed by atoms with van der Waals surface area (Å²) in [6.45, 7) is 6.38. The van der Waals surface area contributed by atoms with Crippen LogP contribution in [-0.4, -0.2) is 18.6 Å². The largest absolute Gasteiger partial charge is 0.481 e. The molecule has 1 heterocycles.